The molecule has 1 heterocycles. The Morgan fingerprint density at radius 3 is 2.85 bits per heavy atom. The second-order valence-electron chi connectivity index (χ2n) is 5.81. The molecule has 1 N–H and O–H groups in total. The monoisotopic (exact) mass is 339 g/mol. The summed E-state index contributed by atoms with van der Waals surface area (Å²) in [5.41, 5.74) is 2.68. The lowest BCUT2D eigenvalue weighted by Gasteiger charge is -2.29. The van der Waals surface area contributed by atoms with Gasteiger partial charge in [0.15, 0.2) is 0 Å². The fraction of sp³-hybridized carbons (Fsp3) is 0.625. The summed E-state index contributed by atoms with van der Waals surface area (Å²) in [6.07, 6.45) is 2.60. The van der Waals surface area contributed by atoms with Crippen molar-refractivity contribution in [3.63, 3.8) is 0 Å². The van der Waals surface area contributed by atoms with Crippen LogP contribution in [0.15, 0.2) is 22.7 Å². The fourth-order valence-electron chi connectivity index (χ4n) is 2.90. The molecule has 1 aliphatic heterocycles. The Morgan fingerprint density at radius 2 is 2.20 bits per heavy atom. The van der Waals surface area contributed by atoms with Gasteiger partial charge in [-0.05, 0) is 51.2 Å². The van der Waals surface area contributed by atoms with Crippen LogP contribution in [-0.4, -0.2) is 44.7 Å². The molecule has 1 atom stereocenters. The van der Waals surface area contributed by atoms with E-state index in [1.54, 1.807) is 0 Å². The Kier molecular flexibility index (Phi) is 5.87. The van der Waals surface area contributed by atoms with Gasteiger partial charge in [-0.15, -0.1) is 0 Å². The molecule has 0 bridgehead atoms. The average Bonchev–Trinajstić information content (AvgIpc) is 2.84. The Hall–Kier alpha value is -0.580. The van der Waals surface area contributed by atoms with Crippen molar-refractivity contribution in [1.29, 1.82) is 0 Å². The molecule has 112 valence electrons. The van der Waals surface area contributed by atoms with Crippen LogP contribution >= 0.6 is 15.9 Å². The molecule has 0 aliphatic carbocycles. The number of hydrogen-bond donors (Lipinski definition) is 1. The van der Waals surface area contributed by atoms with Gasteiger partial charge in [0.05, 0.1) is 0 Å². The number of hydrogen-bond acceptors (Lipinski definition) is 3. The van der Waals surface area contributed by atoms with Gasteiger partial charge in [0.1, 0.15) is 0 Å². The van der Waals surface area contributed by atoms with E-state index in [2.05, 4.69) is 70.3 Å². The average molecular weight is 340 g/mol. The summed E-state index contributed by atoms with van der Waals surface area (Å²) in [6, 6.07) is 7.44. The smallest absolute Gasteiger partial charge is 0.0417 e. The Balaban J connectivity index is 2.10. The first-order chi connectivity index (χ1) is 9.61. The van der Waals surface area contributed by atoms with Crippen LogP contribution in [0.3, 0.4) is 0 Å². The van der Waals surface area contributed by atoms with Crippen LogP contribution in [0.2, 0.25) is 0 Å². The van der Waals surface area contributed by atoms with Gasteiger partial charge < -0.3 is 15.1 Å². The number of benzene rings is 1. The molecule has 1 aromatic carbocycles. The standard InChI is InChI=1S/C16H26BrN3/c1-4-18-11-13-7-8-14(10-16(13)17)20-9-5-6-15(20)12-19(2)3/h7-8,10,15,18H,4-6,9,11-12H2,1-3H3. The first-order valence-electron chi connectivity index (χ1n) is 7.52. The maximum Gasteiger partial charge on any atom is 0.0417 e. The quantitative estimate of drug-likeness (QED) is 0.859. The van der Waals surface area contributed by atoms with Gasteiger partial charge in [-0.1, -0.05) is 28.9 Å². The maximum absolute atomic E-state index is 3.72. The van der Waals surface area contributed by atoms with Crippen LogP contribution in [0.1, 0.15) is 25.3 Å². The van der Waals surface area contributed by atoms with Crippen molar-refractivity contribution in [2.45, 2.75) is 32.4 Å². The molecule has 3 nitrogen and oxygen atoms in total. The molecule has 4 heteroatoms. The number of anilines is 1. The van der Waals surface area contributed by atoms with E-state index < -0.39 is 0 Å². The topological polar surface area (TPSA) is 18.5 Å². The number of likely N-dealkylation sites (N-methyl/N-ethyl adjacent to an activating group) is 1. The van der Waals surface area contributed by atoms with E-state index >= 15 is 0 Å². The lowest BCUT2D eigenvalue weighted by atomic mass is 10.1. The molecular formula is C16H26BrN3. The predicted octanol–water partition coefficient (Wildman–Crippen LogP) is 3.09. The van der Waals surface area contributed by atoms with Crippen molar-refractivity contribution in [3.05, 3.63) is 28.2 Å². The van der Waals surface area contributed by atoms with Crippen LogP contribution in [0.25, 0.3) is 0 Å². The summed E-state index contributed by atoms with van der Waals surface area (Å²) in [7, 11) is 4.32. The summed E-state index contributed by atoms with van der Waals surface area (Å²) in [5.74, 6) is 0. The van der Waals surface area contributed by atoms with Crippen molar-refractivity contribution < 1.29 is 0 Å². The highest BCUT2D eigenvalue weighted by atomic mass is 79.9. The van der Waals surface area contributed by atoms with Gasteiger partial charge in [0, 0.05) is 35.8 Å². The molecule has 0 saturated carbocycles. The van der Waals surface area contributed by atoms with Gasteiger partial charge in [-0.3, -0.25) is 0 Å². The van der Waals surface area contributed by atoms with E-state index in [4.69, 9.17) is 0 Å². The molecule has 1 aromatic rings. The van der Waals surface area contributed by atoms with Crippen molar-refractivity contribution in [3.8, 4) is 0 Å². The van der Waals surface area contributed by atoms with Gasteiger partial charge in [0.2, 0.25) is 0 Å². The molecule has 0 spiro atoms. The van der Waals surface area contributed by atoms with E-state index in [-0.39, 0.29) is 0 Å². The van der Waals surface area contributed by atoms with Crippen molar-refractivity contribution in [1.82, 2.24) is 10.2 Å². The zero-order chi connectivity index (χ0) is 14.5. The van der Waals surface area contributed by atoms with Crippen LogP contribution in [0.5, 0.6) is 0 Å². The molecule has 1 unspecified atom stereocenters. The normalized spacial score (nSPS) is 19.1. The zero-order valence-corrected chi connectivity index (χ0v) is 14.4. The predicted molar refractivity (Wildman–Crippen MR) is 90.4 cm³/mol. The second-order valence-corrected chi connectivity index (χ2v) is 6.66. The number of nitrogens with one attached hydrogen (secondary N) is 1. The van der Waals surface area contributed by atoms with Crippen LogP contribution in [0.4, 0.5) is 5.69 Å². The zero-order valence-electron chi connectivity index (χ0n) is 12.8. The highest BCUT2D eigenvalue weighted by molar-refractivity contribution is 9.10. The van der Waals surface area contributed by atoms with Crippen LogP contribution in [0, 0.1) is 0 Å². The molecule has 0 radical (unpaired) electrons. The third-order valence-corrected chi connectivity index (χ3v) is 4.62. The summed E-state index contributed by atoms with van der Waals surface area (Å²) in [5, 5.41) is 3.38. The Bertz CT molecular complexity index is 434. The molecule has 0 amide bonds. The molecular weight excluding hydrogens is 314 g/mol. The van der Waals surface area contributed by atoms with E-state index in [0.29, 0.717) is 6.04 Å². The van der Waals surface area contributed by atoms with Gasteiger partial charge in [0.25, 0.3) is 0 Å². The molecule has 1 aliphatic rings. The van der Waals surface area contributed by atoms with Crippen molar-refractivity contribution >= 4 is 21.6 Å². The van der Waals surface area contributed by atoms with E-state index in [0.717, 1.165) is 19.6 Å². The third-order valence-electron chi connectivity index (χ3n) is 3.89. The van der Waals surface area contributed by atoms with Gasteiger partial charge in [-0.2, -0.15) is 0 Å². The van der Waals surface area contributed by atoms with E-state index in [1.165, 1.54) is 35.1 Å². The van der Waals surface area contributed by atoms with E-state index in [1.807, 2.05) is 0 Å². The highest BCUT2D eigenvalue weighted by Crippen LogP contribution is 2.30. The van der Waals surface area contributed by atoms with Gasteiger partial charge in [-0.25, -0.2) is 0 Å². The molecule has 20 heavy (non-hydrogen) atoms. The minimum atomic E-state index is 0.650. The van der Waals surface area contributed by atoms with Crippen molar-refractivity contribution in [2.75, 3.05) is 38.6 Å². The lowest BCUT2D eigenvalue weighted by molar-refractivity contribution is 0.372. The third kappa shape index (κ3) is 3.96. The summed E-state index contributed by atoms with van der Waals surface area (Å²) >= 11 is 3.72. The second kappa shape index (κ2) is 7.43. The molecule has 2 rings (SSSR count). The lowest BCUT2D eigenvalue weighted by Crippen LogP contribution is -2.37. The first kappa shape index (κ1) is 15.8. The number of rotatable bonds is 6. The van der Waals surface area contributed by atoms with Gasteiger partial charge >= 0.3 is 0 Å². The largest absolute Gasteiger partial charge is 0.367 e. The molecule has 1 fully saturated rings. The van der Waals surface area contributed by atoms with E-state index in [9.17, 15) is 0 Å². The molecule has 0 aromatic heterocycles. The first-order valence-corrected chi connectivity index (χ1v) is 8.31. The van der Waals surface area contributed by atoms with Crippen LogP contribution in [-0.2, 0) is 6.54 Å². The highest BCUT2D eigenvalue weighted by Gasteiger charge is 2.25. The SMILES string of the molecule is CCNCc1ccc(N2CCCC2CN(C)C)cc1Br. The molecule has 1 saturated heterocycles. The Morgan fingerprint density at radius 1 is 1.40 bits per heavy atom. The summed E-state index contributed by atoms with van der Waals surface area (Å²) in [6.45, 7) is 6.39. The minimum absolute atomic E-state index is 0.650. The van der Waals surface area contributed by atoms with Crippen LogP contribution < -0.4 is 10.2 Å². The Labute approximate surface area is 131 Å². The summed E-state index contributed by atoms with van der Waals surface area (Å²) < 4.78 is 1.21. The number of halogens is 1. The number of nitrogens with zero attached hydrogens (tertiary/aromatic N) is 2. The summed E-state index contributed by atoms with van der Waals surface area (Å²) in [4.78, 5) is 4.85. The van der Waals surface area contributed by atoms with Crippen molar-refractivity contribution in [2.24, 2.45) is 0 Å². The fourth-order valence-corrected chi connectivity index (χ4v) is 3.41. The minimum Gasteiger partial charge on any atom is -0.367 e. The maximum atomic E-state index is 3.72.